The number of likely N-dealkylation sites (N-methyl/N-ethyl adjacent to an activating group) is 1. The Morgan fingerprint density at radius 3 is 3.20 bits per heavy atom. The third-order valence-electron chi connectivity index (χ3n) is 3.06. The third-order valence-corrected chi connectivity index (χ3v) is 4.11. The maximum absolute atomic E-state index is 10.2. The summed E-state index contributed by atoms with van der Waals surface area (Å²) in [5, 5.41) is 10.2. The molecule has 0 aromatic carbocycles. The van der Waals surface area contributed by atoms with Gasteiger partial charge in [0.15, 0.2) is 0 Å². The molecule has 1 saturated heterocycles. The maximum Gasteiger partial charge on any atom is 0.127 e. The van der Waals surface area contributed by atoms with E-state index in [2.05, 4.69) is 11.9 Å². The zero-order valence-corrected chi connectivity index (χ0v) is 10.0. The van der Waals surface area contributed by atoms with E-state index in [9.17, 15) is 5.11 Å². The SMILES string of the molecule is CN1CCSCC1C(O)C1=CCCCO1. The summed E-state index contributed by atoms with van der Waals surface area (Å²) in [6, 6.07) is 0.216. The zero-order chi connectivity index (χ0) is 10.7. The van der Waals surface area contributed by atoms with Gasteiger partial charge in [-0.15, -0.1) is 0 Å². The fourth-order valence-electron chi connectivity index (χ4n) is 2.01. The summed E-state index contributed by atoms with van der Waals surface area (Å²) in [7, 11) is 2.08. The van der Waals surface area contributed by atoms with Crippen LogP contribution in [0, 0.1) is 0 Å². The first-order valence-corrected chi connectivity index (χ1v) is 6.73. The molecule has 0 bridgehead atoms. The highest BCUT2D eigenvalue weighted by Gasteiger charge is 2.30. The Morgan fingerprint density at radius 1 is 1.67 bits per heavy atom. The number of allylic oxidation sites excluding steroid dienone is 1. The van der Waals surface area contributed by atoms with Crippen LogP contribution in [0.2, 0.25) is 0 Å². The summed E-state index contributed by atoms with van der Waals surface area (Å²) in [6.07, 6.45) is 3.71. The largest absolute Gasteiger partial charge is 0.495 e. The van der Waals surface area contributed by atoms with Crippen LogP contribution < -0.4 is 0 Å². The molecule has 4 heteroatoms. The molecule has 0 spiro atoms. The lowest BCUT2D eigenvalue weighted by Gasteiger charge is -2.36. The Bertz CT molecular complexity index is 245. The van der Waals surface area contributed by atoms with Crippen molar-refractivity contribution < 1.29 is 9.84 Å². The molecular weight excluding hydrogens is 210 g/mol. The van der Waals surface area contributed by atoms with E-state index in [1.165, 1.54) is 5.75 Å². The van der Waals surface area contributed by atoms with E-state index in [1.54, 1.807) is 0 Å². The Hall–Kier alpha value is -0.190. The molecule has 0 aromatic rings. The van der Waals surface area contributed by atoms with E-state index in [1.807, 2.05) is 17.8 Å². The first-order valence-electron chi connectivity index (χ1n) is 5.58. The lowest BCUT2D eigenvalue weighted by atomic mass is 10.1. The molecule has 2 heterocycles. The summed E-state index contributed by atoms with van der Waals surface area (Å²) >= 11 is 1.91. The maximum atomic E-state index is 10.2. The average Bonchev–Trinajstić information content (AvgIpc) is 2.30. The van der Waals surface area contributed by atoms with Crippen molar-refractivity contribution in [1.29, 1.82) is 0 Å². The Kier molecular flexibility index (Phi) is 3.94. The smallest absolute Gasteiger partial charge is 0.127 e. The second kappa shape index (κ2) is 5.23. The Balaban J connectivity index is 1.98. The topological polar surface area (TPSA) is 32.7 Å². The number of thioether (sulfide) groups is 1. The fourth-order valence-corrected chi connectivity index (χ4v) is 3.27. The molecule has 2 aliphatic heterocycles. The molecule has 0 aliphatic carbocycles. The summed E-state index contributed by atoms with van der Waals surface area (Å²) in [5.41, 5.74) is 0. The standard InChI is InChI=1S/C11H19NO2S/c1-12-5-7-15-8-9(12)11(13)10-4-2-3-6-14-10/h4,9,11,13H,2-3,5-8H2,1H3. The number of aliphatic hydroxyl groups excluding tert-OH is 1. The van der Waals surface area contributed by atoms with Crippen LogP contribution in [-0.2, 0) is 4.74 Å². The van der Waals surface area contributed by atoms with Crippen molar-refractivity contribution >= 4 is 11.8 Å². The van der Waals surface area contributed by atoms with Gasteiger partial charge in [0, 0.05) is 18.1 Å². The summed E-state index contributed by atoms with van der Waals surface area (Å²) in [4.78, 5) is 2.24. The van der Waals surface area contributed by atoms with Crippen molar-refractivity contribution in [3.8, 4) is 0 Å². The number of nitrogens with zero attached hydrogens (tertiary/aromatic N) is 1. The molecule has 0 radical (unpaired) electrons. The van der Waals surface area contributed by atoms with E-state index < -0.39 is 6.10 Å². The van der Waals surface area contributed by atoms with Gasteiger partial charge < -0.3 is 9.84 Å². The van der Waals surface area contributed by atoms with Crippen molar-refractivity contribution in [2.75, 3.05) is 31.7 Å². The molecule has 2 rings (SSSR count). The molecule has 15 heavy (non-hydrogen) atoms. The van der Waals surface area contributed by atoms with Crippen LogP contribution in [-0.4, -0.2) is 53.9 Å². The van der Waals surface area contributed by atoms with Gasteiger partial charge in [0.05, 0.1) is 12.6 Å². The van der Waals surface area contributed by atoms with Gasteiger partial charge in [-0.1, -0.05) is 0 Å². The normalized spacial score (nSPS) is 30.5. The predicted molar refractivity (Wildman–Crippen MR) is 63.0 cm³/mol. The summed E-state index contributed by atoms with van der Waals surface area (Å²) < 4.78 is 5.52. The van der Waals surface area contributed by atoms with Crippen LogP contribution in [0.4, 0.5) is 0 Å². The average molecular weight is 229 g/mol. The monoisotopic (exact) mass is 229 g/mol. The van der Waals surface area contributed by atoms with Gasteiger partial charge >= 0.3 is 0 Å². The molecule has 3 nitrogen and oxygen atoms in total. The number of hydrogen-bond acceptors (Lipinski definition) is 4. The fraction of sp³-hybridized carbons (Fsp3) is 0.818. The molecule has 0 saturated carbocycles. The first kappa shape index (κ1) is 11.3. The number of rotatable bonds is 2. The van der Waals surface area contributed by atoms with Crippen LogP contribution in [0.3, 0.4) is 0 Å². The van der Waals surface area contributed by atoms with E-state index in [0.29, 0.717) is 0 Å². The van der Waals surface area contributed by atoms with E-state index in [4.69, 9.17) is 4.74 Å². The summed E-state index contributed by atoms with van der Waals surface area (Å²) in [6.45, 7) is 1.81. The van der Waals surface area contributed by atoms with Crippen molar-refractivity contribution in [2.24, 2.45) is 0 Å². The van der Waals surface area contributed by atoms with E-state index >= 15 is 0 Å². The van der Waals surface area contributed by atoms with Gasteiger partial charge in [-0.25, -0.2) is 0 Å². The van der Waals surface area contributed by atoms with Gasteiger partial charge in [0.25, 0.3) is 0 Å². The first-order chi connectivity index (χ1) is 7.29. The van der Waals surface area contributed by atoms with Crippen molar-refractivity contribution in [1.82, 2.24) is 4.90 Å². The van der Waals surface area contributed by atoms with Gasteiger partial charge in [0.2, 0.25) is 0 Å². The lowest BCUT2D eigenvalue weighted by molar-refractivity contribution is 0.0394. The minimum atomic E-state index is -0.442. The molecule has 86 valence electrons. The number of ether oxygens (including phenoxy) is 1. The van der Waals surface area contributed by atoms with Gasteiger partial charge in [-0.05, 0) is 26.0 Å². The summed E-state index contributed by atoms with van der Waals surface area (Å²) in [5.74, 6) is 2.96. The molecule has 1 fully saturated rings. The van der Waals surface area contributed by atoms with Gasteiger partial charge in [0.1, 0.15) is 11.9 Å². The molecular formula is C11H19NO2S. The molecule has 1 N–H and O–H groups in total. The minimum Gasteiger partial charge on any atom is -0.495 e. The van der Waals surface area contributed by atoms with Crippen molar-refractivity contribution in [2.45, 2.75) is 25.0 Å². The predicted octanol–water partition coefficient (Wildman–Crippen LogP) is 1.09. The van der Waals surface area contributed by atoms with Crippen LogP contribution in [0.5, 0.6) is 0 Å². The van der Waals surface area contributed by atoms with E-state index in [0.717, 1.165) is 37.5 Å². The van der Waals surface area contributed by atoms with Crippen molar-refractivity contribution in [3.63, 3.8) is 0 Å². The van der Waals surface area contributed by atoms with Crippen LogP contribution in [0.1, 0.15) is 12.8 Å². The third kappa shape index (κ3) is 2.68. The lowest BCUT2D eigenvalue weighted by Crippen LogP contribution is -2.48. The van der Waals surface area contributed by atoms with Gasteiger partial charge in [-0.3, -0.25) is 4.90 Å². The van der Waals surface area contributed by atoms with Crippen LogP contribution in [0.25, 0.3) is 0 Å². The Labute approximate surface area is 95.5 Å². The molecule has 0 aromatic heterocycles. The van der Waals surface area contributed by atoms with Crippen LogP contribution in [0.15, 0.2) is 11.8 Å². The second-order valence-corrected chi connectivity index (χ2v) is 5.31. The molecule has 2 unspecified atom stereocenters. The highest BCUT2D eigenvalue weighted by Crippen LogP contribution is 2.23. The van der Waals surface area contributed by atoms with E-state index in [-0.39, 0.29) is 6.04 Å². The highest BCUT2D eigenvalue weighted by molar-refractivity contribution is 7.99. The van der Waals surface area contributed by atoms with Crippen LogP contribution >= 0.6 is 11.8 Å². The van der Waals surface area contributed by atoms with Gasteiger partial charge in [-0.2, -0.15) is 11.8 Å². The minimum absolute atomic E-state index is 0.216. The second-order valence-electron chi connectivity index (χ2n) is 4.16. The highest BCUT2D eigenvalue weighted by atomic mass is 32.2. The Morgan fingerprint density at radius 2 is 2.53 bits per heavy atom. The zero-order valence-electron chi connectivity index (χ0n) is 9.19. The molecule has 2 atom stereocenters. The quantitative estimate of drug-likeness (QED) is 0.768. The molecule has 0 amide bonds. The number of hydrogen-bond donors (Lipinski definition) is 1. The number of aliphatic hydroxyl groups is 1. The molecule has 2 aliphatic rings. The van der Waals surface area contributed by atoms with Crippen molar-refractivity contribution in [3.05, 3.63) is 11.8 Å².